The van der Waals surface area contributed by atoms with Gasteiger partial charge in [0.25, 0.3) is 0 Å². The van der Waals surface area contributed by atoms with E-state index < -0.39 is 0 Å². The Morgan fingerprint density at radius 2 is 0.929 bits per heavy atom. The minimum atomic E-state index is -0.0371. The number of aldehydes is 2. The summed E-state index contributed by atoms with van der Waals surface area (Å²) >= 11 is 0. The van der Waals surface area contributed by atoms with Crippen molar-refractivity contribution >= 4 is 12.6 Å². The van der Waals surface area contributed by atoms with E-state index in [1.165, 1.54) is 11.1 Å². The fourth-order valence-corrected chi connectivity index (χ4v) is 2.25. The van der Waals surface area contributed by atoms with Crippen LogP contribution in [0.15, 0.2) is 60.7 Å². The summed E-state index contributed by atoms with van der Waals surface area (Å²) in [5.41, 5.74) is 13.7. The number of rotatable bonds is 8. The van der Waals surface area contributed by atoms with Crippen LogP contribution in [0.25, 0.3) is 0 Å². The Balaban J connectivity index is 0. The van der Waals surface area contributed by atoms with E-state index in [0.717, 1.165) is 25.4 Å². The first-order valence-electron chi connectivity index (χ1n) is 10.1. The molecular weight excluding hydrogens is 348 g/mol. The number of benzene rings is 2. The van der Waals surface area contributed by atoms with Crippen LogP contribution in [-0.4, -0.2) is 24.7 Å². The molecule has 4 nitrogen and oxygen atoms in total. The van der Waals surface area contributed by atoms with Gasteiger partial charge in [-0.25, -0.2) is 0 Å². The lowest BCUT2D eigenvalue weighted by molar-refractivity contribution is -0.108. The van der Waals surface area contributed by atoms with Crippen molar-refractivity contribution in [3.63, 3.8) is 0 Å². The summed E-state index contributed by atoms with van der Waals surface area (Å²) in [5, 5.41) is 0. The van der Waals surface area contributed by atoms with Gasteiger partial charge in [-0.05, 0) is 24.0 Å². The highest BCUT2D eigenvalue weighted by atomic mass is 16.1. The van der Waals surface area contributed by atoms with Crippen molar-refractivity contribution in [1.82, 2.24) is 0 Å². The Labute approximate surface area is 171 Å². The number of hydrogen-bond acceptors (Lipinski definition) is 4. The maximum Gasteiger partial charge on any atom is 0.121 e. The number of nitrogens with two attached hydrogens (primary N) is 2. The molecule has 2 rings (SSSR count). The Kier molecular flexibility index (Phi) is 20.9. The van der Waals surface area contributed by atoms with E-state index in [2.05, 4.69) is 0 Å². The largest absolute Gasteiger partial charge is 0.327 e. The monoisotopic (exact) mass is 386 g/mol. The second-order valence-corrected chi connectivity index (χ2v) is 5.70. The predicted octanol–water partition coefficient (Wildman–Crippen LogP) is 4.34. The van der Waals surface area contributed by atoms with Gasteiger partial charge in [0.1, 0.15) is 12.6 Å². The van der Waals surface area contributed by atoms with Crippen molar-refractivity contribution in [1.29, 1.82) is 0 Å². The number of carbonyl (C=O) groups excluding carboxylic acids is 2. The minimum Gasteiger partial charge on any atom is -0.327 e. The zero-order valence-electron chi connectivity index (χ0n) is 17.9. The molecule has 156 valence electrons. The summed E-state index contributed by atoms with van der Waals surface area (Å²) < 4.78 is 0. The second kappa shape index (κ2) is 21.0. The molecule has 0 aliphatic heterocycles. The average molecular weight is 387 g/mol. The van der Waals surface area contributed by atoms with Crippen LogP contribution < -0.4 is 11.5 Å². The van der Waals surface area contributed by atoms with Crippen LogP contribution in [0.1, 0.15) is 51.7 Å². The van der Waals surface area contributed by atoms with E-state index in [4.69, 9.17) is 11.5 Å². The van der Waals surface area contributed by atoms with Gasteiger partial charge in [0.15, 0.2) is 0 Å². The topological polar surface area (TPSA) is 86.2 Å². The predicted molar refractivity (Wildman–Crippen MR) is 120 cm³/mol. The van der Waals surface area contributed by atoms with Crippen molar-refractivity contribution in [3.8, 4) is 0 Å². The first-order valence-corrected chi connectivity index (χ1v) is 10.1. The molecule has 0 saturated heterocycles. The Bertz CT molecular complexity index is 520. The van der Waals surface area contributed by atoms with Gasteiger partial charge in [-0.3, -0.25) is 0 Å². The van der Waals surface area contributed by atoms with Crippen LogP contribution in [0.3, 0.4) is 0 Å². The highest BCUT2D eigenvalue weighted by molar-refractivity contribution is 5.50. The van der Waals surface area contributed by atoms with Crippen LogP contribution in [0.5, 0.6) is 0 Å². The van der Waals surface area contributed by atoms with Gasteiger partial charge in [0.2, 0.25) is 0 Å². The maximum atomic E-state index is 10.1. The zero-order chi connectivity index (χ0) is 21.6. The maximum absolute atomic E-state index is 10.1. The lowest BCUT2D eigenvalue weighted by atomic mass is 10.1. The minimum absolute atomic E-state index is 0.0371. The Morgan fingerprint density at radius 1 is 0.643 bits per heavy atom. The third-order valence-corrected chi connectivity index (χ3v) is 3.48. The molecule has 0 bridgehead atoms. The molecule has 2 atom stereocenters. The summed E-state index contributed by atoms with van der Waals surface area (Å²) in [6, 6.07) is 19.8. The quantitative estimate of drug-likeness (QED) is 0.661. The molecule has 28 heavy (non-hydrogen) atoms. The van der Waals surface area contributed by atoms with Crippen LogP contribution in [0.4, 0.5) is 0 Å². The van der Waals surface area contributed by atoms with Crippen LogP contribution in [0.2, 0.25) is 0 Å². The molecule has 4 N–H and O–H groups in total. The highest BCUT2D eigenvalue weighted by Crippen LogP contribution is 2.03. The first kappa shape index (κ1) is 27.9. The summed E-state index contributed by atoms with van der Waals surface area (Å²) in [7, 11) is 0. The third-order valence-electron chi connectivity index (χ3n) is 3.48. The van der Waals surface area contributed by atoms with Crippen molar-refractivity contribution in [2.24, 2.45) is 11.5 Å². The van der Waals surface area contributed by atoms with E-state index in [9.17, 15) is 9.59 Å². The molecule has 0 amide bonds. The molecule has 0 saturated carbocycles. The molecule has 0 fully saturated rings. The van der Waals surface area contributed by atoms with Gasteiger partial charge in [-0.2, -0.15) is 0 Å². The summed E-state index contributed by atoms with van der Waals surface area (Å²) in [6.45, 7) is 8.00. The van der Waals surface area contributed by atoms with Crippen LogP contribution in [0, 0.1) is 0 Å². The molecule has 2 aromatic rings. The smallest absolute Gasteiger partial charge is 0.121 e. The lowest BCUT2D eigenvalue weighted by Gasteiger charge is -2.06. The molecule has 0 heterocycles. The number of hydrogen-bond donors (Lipinski definition) is 2. The SMILES string of the molecule is CC.CC.N[C@@H](CC=O)Cc1ccccc1.N[C@H](CC=O)Cc1ccccc1. The van der Waals surface area contributed by atoms with Gasteiger partial charge in [0, 0.05) is 24.9 Å². The molecule has 0 aliphatic rings. The Morgan fingerprint density at radius 3 is 1.18 bits per heavy atom. The summed E-state index contributed by atoms with van der Waals surface area (Å²) in [6.07, 6.45) is 4.17. The zero-order valence-corrected chi connectivity index (χ0v) is 17.9. The molecule has 0 radical (unpaired) electrons. The third kappa shape index (κ3) is 15.9. The standard InChI is InChI=1S/2C10H13NO.2C2H6/c2*11-10(6-7-12)8-9-4-2-1-3-5-9;2*1-2/h2*1-5,7,10H,6,8,11H2;2*1-2H3/t2*10-;;/m10../s1. The molecule has 4 heteroatoms. The van der Waals surface area contributed by atoms with E-state index >= 15 is 0 Å². The molecular formula is C24H38N2O2. The van der Waals surface area contributed by atoms with Crippen molar-refractivity contribution < 1.29 is 9.59 Å². The molecule has 0 spiro atoms. The second-order valence-electron chi connectivity index (χ2n) is 5.70. The highest BCUT2D eigenvalue weighted by Gasteiger charge is 2.02. The van der Waals surface area contributed by atoms with Crippen molar-refractivity contribution in [2.75, 3.05) is 0 Å². The fraction of sp³-hybridized carbons (Fsp3) is 0.417. The Hall–Kier alpha value is -2.30. The van der Waals surface area contributed by atoms with E-state index in [-0.39, 0.29) is 12.1 Å². The van der Waals surface area contributed by atoms with Gasteiger partial charge in [-0.15, -0.1) is 0 Å². The number of carbonyl (C=O) groups is 2. The fourth-order valence-electron chi connectivity index (χ4n) is 2.25. The molecule has 0 aromatic heterocycles. The molecule has 2 aromatic carbocycles. The summed E-state index contributed by atoms with van der Waals surface area (Å²) in [5.74, 6) is 0. The van der Waals surface area contributed by atoms with E-state index in [0.29, 0.717) is 12.8 Å². The molecule has 0 aliphatic carbocycles. The average Bonchev–Trinajstić information content (AvgIpc) is 2.73. The van der Waals surface area contributed by atoms with E-state index in [1.807, 2.05) is 88.4 Å². The van der Waals surface area contributed by atoms with Crippen LogP contribution in [-0.2, 0) is 22.4 Å². The van der Waals surface area contributed by atoms with Gasteiger partial charge >= 0.3 is 0 Å². The van der Waals surface area contributed by atoms with Crippen molar-refractivity contribution in [2.45, 2.75) is 65.5 Å². The van der Waals surface area contributed by atoms with Gasteiger partial charge < -0.3 is 21.1 Å². The van der Waals surface area contributed by atoms with Gasteiger partial charge in [-0.1, -0.05) is 88.4 Å². The van der Waals surface area contributed by atoms with Crippen LogP contribution >= 0.6 is 0 Å². The summed E-state index contributed by atoms with van der Waals surface area (Å²) in [4.78, 5) is 20.3. The lowest BCUT2D eigenvalue weighted by Crippen LogP contribution is -2.22. The molecule has 0 unspecified atom stereocenters. The van der Waals surface area contributed by atoms with Crippen molar-refractivity contribution in [3.05, 3.63) is 71.8 Å². The first-order chi connectivity index (χ1) is 13.7. The van der Waals surface area contributed by atoms with E-state index in [1.54, 1.807) is 0 Å². The normalized spacial score (nSPS) is 11.1. The van der Waals surface area contributed by atoms with Gasteiger partial charge in [0.05, 0.1) is 0 Å².